The van der Waals surface area contributed by atoms with Crippen molar-refractivity contribution in [1.82, 2.24) is 9.97 Å². The molecule has 0 radical (unpaired) electrons. The minimum atomic E-state index is -4.07. The van der Waals surface area contributed by atoms with Crippen molar-refractivity contribution < 1.29 is 21.7 Å². The summed E-state index contributed by atoms with van der Waals surface area (Å²) in [6.45, 7) is 0.527. The number of rotatable bonds is 7. The molecule has 0 bridgehead atoms. The molecule has 0 aliphatic carbocycles. The highest BCUT2D eigenvalue weighted by Crippen LogP contribution is 2.24. The number of H-pyrrole nitrogens is 1. The summed E-state index contributed by atoms with van der Waals surface area (Å²) in [7, 11) is -2.46. The van der Waals surface area contributed by atoms with Crippen LogP contribution in [0.3, 0.4) is 0 Å². The fraction of sp³-hybridized carbons (Fsp3) is 0.0952. The van der Waals surface area contributed by atoms with Crippen molar-refractivity contribution in [3.05, 3.63) is 78.1 Å². The number of nitrogens with one attached hydrogen (secondary N) is 2. The fourth-order valence-corrected chi connectivity index (χ4v) is 3.79. The smallest absolute Gasteiger partial charge is 0.339 e. The number of ether oxygens (including phenoxy) is 1. The molecule has 1 heterocycles. The van der Waals surface area contributed by atoms with Gasteiger partial charge in [-0.05, 0) is 54.1 Å². The normalized spacial score (nSPS) is 11.4. The Balaban J connectivity index is 1.50. The molecule has 0 saturated carbocycles. The van der Waals surface area contributed by atoms with Crippen LogP contribution in [0.4, 0.5) is 10.3 Å². The Hall–Kier alpha value is -3.59. The zero-order valence-corrected chi connectivity index (χ0v) is 16.7. The molecule has 3 aromatic carbocycles. The second-order valence-electron chi connectivity index (χ2n) is 6.46. The molecule has 1 aromatic heterocycles. The topological polar surface area (TPSA) is 93.3 Å². The molecule has 2 N–H and O–H groups in total. The highest BCUT2D eigenvalue weighted by atomic mass is 32.2. The SMILES string of the molecule is COc1cccc(CNc2nc3ccc(OS(=O)(=O)c4ccc(F)cc4)cc3[nH]2)c1. The van der Waals surface area contributed by atoms with E-state index in [9.17, 15) is 12.8 Å². The summed E-state index contributed by atoms with van der Waals surface area (Å²) in [5.74, 6) is 0.894. The molecule has 4 aromatic rings. The van der Waals surface area contributed by atoms with E-state index >= 15 is 0 Å². The Bertz CT molecular complexity index is 1290. The first kappa shape index (κ1) is 19.7. The van der Waals surface area contributed by atoms with Gasteiger partial charge in [-0.1, -0.05) is 12.1 Å². The number of aromatic nitrogens is 2. The molecule has 0 fully saturated rings. The maximum absolute atomic E-state index is 13.0. The minimum Gasteiger partial charge on any atom is -0.497 e. The molecule has 0 aliphatic heterocycles. The van der Waals surface area contributed by atoms with Crippen LogP contribution >= 0.6 is 0 Å². The summed E-state index contributed by atoms with van der Waals surface area (Å²) in [6, 6.07) is 16.8. The van der Waals surface area contributed by atoms with E-state index < -0.39 is 15.9 Å². The lowest BCUT2D eigenvalue weighted by molar-refractivity contribution is 0.414. The molecule has 0 amide bonds. The van der Waals surface area contributed by atoms with E-state index in [1.54, 1.807) is 19.2 Å². The Morgan fingerprint density at radius 3 is 2.60 bits per heavy atom. The van der Waals surface area contributed by atoms with Gasteiger partial charge in [0.25, 0.3) is 0 Å². The van der Waals surface area contributed by atoms with Gasteiger partial charge in [-0.15, -0.1) is 0 Å². The molecule has 30 heavy (non-hydrogen) atoms. The molecular weight excluding hydrogens is 409 g/mol. The van der Waals surface area contributed by atoms with Crippen LogP contribution in [0.1, 0.15) is 5.56 Å². The van der Waals surface area contributed by atoms with Crippen LogP contribution in [0, 0.1) is 5.82 Å². The van der Waals surface area contributed by atoms with Gasteiger partial charge in [0, 0.05) is 12.6 Å². The summed E-state index contributed by atoms with van der Waals surface area (Å²) >= 11 is 0. The zero-order valence-electron chi connectivity index (χ0n) is 15.9. The van der Waals surface area contributed by atoms with Gasteiger partial charge in [-0.3, -0.25) is 0 Å². The van der Waals surface area contributed by atoms with Crippen molar-refractivity contribution in [2.75, 3.05) is 12.4 Å². The van der Waals surface area contributed by atoms with Gasteiger partial charge < -0.3 is 19.2 Å². The first-order valence-electron chi connectivity index (χ1n) is 8.99. The third kappa shape index (κ3) is 4.36. The summed E-state index contributed by atoms with van der Waals surface area (Å²) in [5.41, 5.74) is 2.27. The largest absolute Gasteiger partial charge is 0.497 e. The number of imidazole rings is 1. The molecule has 9 heteroatoms. The first-order chi connectivity index (χ1) is 14.4. The number of hydrogen-bond donors (Lipinski definition) is 2. The van der Waals surface area contributed by atoms with Gasteiger partial charge >= 0.3 is 10.1 Å². The van der Waals surface area contributed by atoms with Crippen molar-refractivity contribution in [1.29, 1.82) is 0 Å². The summed E-state index contributed by atoms with van der Waals surface area (Å²) in [6.07, 6.45) is 0. The van der Waals surface area contributed by atoms with Gasteiger partial charge in [0.05, 0.1) is 18.1 Å². The zero-order chi connectivity index (χ0) is 21.1. The third-order valence-electron chi connectivity index (χ3n) is 4.36. The standard InChI is InChI=1S/C21H18FN3O4S/c1-28-16-4-2-3-14(11-16)13-23-21-24-19-10-7-17(12-20(19)25-21)29-30(26,27)18-8-5-15(22)6-9-18/h2-12H,13H2,1H3,(H2,23,24,25). The van der Waals surface area contributed by atoms with Crippen LogP contribution in [-0.4, -0.2) is 25.5 Å². The Kier molecular flexibility index (Phi) is 5.28. The van der Waals surface area contributed by atoms with Gasteiger partial charge in [0.2, 0.25) is 5.95 Å². The predicted molar refractivity (Wildman–Crippen MR) is 111 cm³/mol. The molecule has 0 saturated heterocycles. The highest BCUT2D eigenvalue weighted by Gasteiger charge is 2.17. The molecule has 4 rings (SSSR count). The maximum atomic E-state index is 13.0. The second kappa shape index (κ2) is 8.03. The van der Waals surface area contributed by atoms with E-state index in [2.05, 4.69) is 15.3 Å². The lowest BCUT2D eigenvalue weighted by Crippen LogP contribution is -2.09. The second-order valence-corrected chi connectivity index (χ2v) is 8.01. The number of halogens is 1. The van der Waals surface area contributed by atoms with Crippen molar-refractivity contribution in [3.8, 4) is 11.5 Å². The highest BCUT2D eigenvalue weighted by molar-refractivity contribution is 7.87. The quantitative estimate of drug-likeness (QED) is 0.432. The van der Waals surface area contributed by atoms with E-state index in [0.717, 1.165) is 35.6 Å². The first-order valence-corrected chi connectivity index (χ1v) is 10.4. The number of anilines is 1. The fourth-order valence-electron chi connectivity index (χ4n) is 2.87. The number of nitrogens with zero attached hydrogens (tertiary/aromatic N) is 1. The molecule has 0 spiro atoms. The van der Waals surface area contributed by atoms with Crippen LogP contribution < -0.4 is 14.2 Å². The van der Waals surface area contributed by atoms with Crippen LogP contribution in [-0.2, 0) is 16.7 Å². The molecular formula is C21H18FN3O4S. The molecule has 0 unspecified atom stereocenters. The van der Waals surface area contributed by atoms with Crippen molar-refractivity contribution in [2.24, 2.45) is 0 Å². The van der Waals surface area contributed by atoms with Crippen molar-refractivity contribution in [3.63, 3.8) is 0 Å². The van der Waals surface area contributed by atoms with Crippen molar-refractivity contribution >= 4 is 27.1 Å². The Morgan fingerprint density at radius 2 is 1.83 bits per heavy atom. The van der Waals surface area contributed by atoms with E-state index in [0.29, 0.717) is 23.5 Å². The number of methoxy groups -OCH3 is 1. The average Bonchev–Trinajstić information content (AvgIpc) is 3.14. The van der Waals surface area contributed by atoms with Gasteiger partial charge in [0.15, 0.2) is 0 Å². The number of benzene rings is 3. The average molecular weight is 427 g/mol. The van der Waals surface area contributed by atoms with Crippen LogP contribution in [0.25, 0.3) is 11.0 Å². The van der Waals surface area contributed by atoms with Crippen molar-refractivity contribution in [2.45, 2.75) is 11.4 Å². The Morgan fingerprint density at radius 1 is 1.03 bits per heavy atom. The monoisotopic (exact) mass is 427 g/mol. The lowest BCUT2D eigenvalue weighted by Gasteiger charge is -2.06. The minimum absolute atomic E-state index is 0.120. The molecule has 154 valence electrons. The molecule has 0 aliphatic rings. The maximum Gasteiger partial charge on any atom is 0.339 e. The van der Waals surface area contributed by atoms with Gasteiger partial charge in [-0.25, -0.2) is 9.37 Å². The number of fused-ring (bicyclic) bond motifs is 1. The van der Waals surface area contributed by atoms with Gasteiger partial charge in [0.1, 0.15) is 22.2 Å². The Labute approximate surface area is 172 Å². The predicted octanol–water partition coefficient (Wildman–Crippen LogP) is 4.09. The van der Waals surface area contributed by atoms with Crippen LogP contribution in [0.2, 0.25) is 0 Å². The summed E-state index contributed by atoms with van der Waals surface area (Å²) < 4.78 is 48.2. The van der Waals surface area contributed by atoms with E-state index in [4.69, 9.17) is 8.92 Å². The summed E-state index contributed by atoms with van der Waals surface area (Å²) in [4.78, 5) is 7.39. The van der Waals surface area contributed by atoms with Crippen LogP contribution in [0.5, 0.6) is 11.5 Å². The summed E-state index contributed by atoms with van der Waals surface area (Å²) in [5, 5.41) is 3.18. The number of hydrogen-bond acceptors (Lipinski definition) is 6. The molecule has 7 nitrogen and oxygen atoms in total. The van der Waals surface area contributed by atoms with E-state index in [1.807, 2.05) is 24.3 Å². The van der Waals surface area contributed by atoms with E-state index in [1.165, 1.54) is 6.07 Å². The van der Waals surface area contributed by atoms with E-state index in [-0.39, 0.29) is 10.6 Å². The molecule has 0 atom stereocenters. The lowest BCUT2D eigenvalue weighted by atomic mass is 10.2. The number of aromatic amines is 1. The third-order valence-corrected chi connectivity index (χ3v) is 5.62. The van der Waals surface area contributed by atoms with Gasteiger partial charge in [-0.2, -0.15) is 8.42 Å². The van der Waals surface area contributed by atoms with Crippen LogP contribution in [0.15, 0.2) is 71.6 Å².